The number of azo groups is 2. The van der Waals surface area contributed by atoms with Crippen LogP contribution in [-0.4, -0.2) is 54.5 Å². The van der Waals surface area contributed by atoms with E-state index in [0.717, 1.165) is 12.1 Å². The lowest BCUT2D eigenvalue weighted by Gasteiger charge is -2.11. The van der Waals surface area contributed by atoms with E-state index in [9.17, 15) is 36.2 Å². The summed E-state index contributed by atoms with van der Waals surface area (Å²) in [4.78, 5) is -1.69. The van der Waals surface area contributed by atoms with Gasteiger partial charge in [-0.25, -0.2) is 0 Å². The fourth-order valence-corrected chi connectivity index (χ4v) is 5.06. The van der Waals surface area contributed by atoms with Crippen LogP contribution in [0.1, 0.15) is 11.1 Å². The monoisotopic (exact) mass is 616 g/mol. The number of aliphatic hydroxyl groups excluding tert-OH is 1. The summed E-state index contributed by atoms with van der Waals surface area (Å²) < 4.78 is 71.7. The molecule has 0 aliphatic heterocycles. The van der Waals surface area contributed by atoms with Crippen LogP contribution in [0.5, 0.6) is 17.2 Å². The van der Waals surface area contributed by atoms with Crippen LogP contribution in [0.3, 0.4) is 0 Å². The third-order valence-electron chi connectivity index (χ3n) is 5.92. The van der Waals surface area contributed by atoms with Crippen molar-refractivity contribution >= 4 is 53.8 Å². The van der Waals surface area contributed by atoms with Crippen LogP contribution in [0.4, 0.5) is 22.7 Å². The van der Waals surface area contributed by atoms with Gasteiger partial charge in [0.25, 0.3) is 20.2 Å². The second-order valence-corrected chi connectivity index (χ2v) is 11.8. The topological polar surface area (TPSA) is 228 Å². The SMILES string of the molecule is Cc1cc(N=Nc2c(S(=O)(=O)O)cc3cc(S(=O)(=O)O)cc(O)c3c2O)c(C)cc1N=Nc1ccc(OCCO)cc1. The van der Waals surface area contributed by atoms with Gasteiger partial charge in [0.05, 0.1) is 34.0 Å². The largest absolute Gasteiger partial charge is 0.507 e. The van der Waals surface area contributed by atoms with Crippen molar-refractivity contribution < 1.29 is 46.0 Å². The van der Waals surface area contributed by atoms with Gasteiger partial charge in [-0.2, -0.15) is 32.2 Å². The first-order chi connectivity index (χ1) is 19.7. The molecule has 0 spiro atoms. The maximum Gasteiger partial charge on any atom is 0.296 e. The summed E-state index contributed by atoms with van der Waals surface area (Å²) in [6, 6.07) is 12.2. The van der Waals surface area contributed by atoms with Crippen LogP contribution >= 0.6 is 0 Å². The van der Waals surface area contributed by atoms with Crippen molar-refractivity contribution in [2.45, 2.75) is 23.6 Å². The van der Waals surface area contributed by atoms with Crippen LogP contribution in [0.15, 0.2) is 84.8 Å². The zero-order chi connectivity index (χ0) is 30.8. The lowest BCUT2D eigenvalue weighted by Crippen LogP contribution is -2.01. The van der Waals surface area contributed by atoms with Gasteiger partial charge in [0, 0.05) is 6.07 Å². The average Bonchev–Trinajstić information content (AvgIpc) is 2.91. The lowest BCUT2D eigenvalue weighted by atomic mass is 10.1. The highest BCUT2D eigenvalue weighted by molar-refractivity contribution is 7.86. The molecular weight excluding hydrogens is 592 g/mol. The van der Waals surface area contributed by atoms with Gasteiger partial charge < -0.3 is 20.1 Å². The zero-order valence-corrected chi connectivity index (χ0v) is 23.6. The van der Waals surface area contributed by atoms with Crippen molar-refractivity contribution in [3.8, 4) is 17.2 Å². The molecule has 4 aromatic carbocycles. The number of aliphatic hydroxyl groups is 1. The molecular formula is C26H24N4O10S2. The van der Waals surface area contributed by atoms with E-state index in [1.54, 1.807) is 50.2 Å². The molecule has 42 heavy (non-hydrogen) atoms. The number of hydrogen-bond donors (Lipinski definition) is 5. The third kappa shape index (κ3) is 6.69. The predicted molar refractivity (Wildman–Crippen MR) is 150 cm³/mol. The molecule has 220 valence electrons. The number of rotatable bonds is 9. The molecule has 0 amide bonds. The molecule has 0 aliphatic carbocycles. The van der Waals surface area contributed by atoms with E-state index in [1.807, 2.05) is 0 Å². The summed E-state index contributed by atoms with van der Waals surface area (Å²) in [5.41, 5.74) is 1.74. The smallest absolute Gasteiger partial charge is 0.296 e. The Labute approximate surface area is 239 Å². The van der Waals surface area contributed by atoms with E-state index in [4.69, 9.17) is 9.84 Å². The molecule has 0 saturated heterocycles. The van der Waals surface area contributed by atoms with Crippen molar-refractivity contribution in [1.29, 1.82) is 0 Å². The number of aryl methyl sites for hydroxylation is 2. The number of hydrogen-bond acceptors (Lipinski definition) is 12. The molecule has 0 atom stereocenters. The van der Waals surface area contributed by atoms with Gasteiger partial charge in [0.2, 0.25) is 0 Å². The maximum absolute atomic E-state index is 12.1. The first-order valence-electron chi connectivity index (χ1n) is 11.9. The lowest BCUT2D eigenvalue weighted by molar-refractivity contribution is 0.201. The summed E-state index contributed by atoms with van der Waals surface area (Å²) in [5, 5.41) is 45.6. The number of fused-ring (bicyclic) bond motifs is 1. The fourth-order valence-electron chi connectivity index (χ4n) is 3.87. The van der Waals surface area contributed by atoms with Crippen LogP contribution in [-0.2, 0) is 20.2 Å². The quantitative estimate of drug-likeness (QED) is 0.116. The second kappa shape index (κ2) is 11.8. The Bertz CT molecular complexity index is 1960. The summed E-state index contributed by atoms with van der Waals surface area (Å²) in [5.74, 6) is -1.14. The summed E-state index contributed by atoms with van der Waals surface area (Å²) in [7, 11) is -9.83. The number of nitrogens with zero attached hydrogens (tertiary/aromatic N) is 4. The Kier molecular flexibility index (Phi) is 8.55. The highest BCUT2D eigenvalue weighted by Gasteiger charge is 2.25. The molecule has 4 rings (SSSR count). The number of phenolic OH excluding ortho intramolecular Hbond substituents is 2. The van der Waals surface area contributed by atoms with Crippen LogP contribution in [0.25, 0.3) is 10.8 Å². The minimum absolute atomic E-state index is 0.106. The molecule has 0 unspecified atom stereocenters. The number of aromatic hydroxyl groups is 2. The second-order valence-electron chi connectivity index (χ2n) is 8.95. The summed E-state index contributed by atoms with van der Waals surface area (Å²) in [6.07, 6.45) is 0. The van der Waals surface area contributed by atoms with Gasteiger partial charge in [-0.3, -0.25) is 9.11 Å². The number of phenols is 2. The van der Waals surface area contributed by atoms with Crippen molar-refractivity contribution in [2.75, 3.05) is 13.2 Å². The Hall–Kier alpha value is -4.48. The van der Waals surface area contributed by atoms with Gasteiger partial charge in [-0.15, -0.1) is 5.11 Å². The Morgan fingerprint density at radius 3 is 1.90 bits per heavy atom. The molecule has 0 bridgehead atoms. The van der Waals surface area contributed by atoms with Gasteiger partial charge >= 0.3 is 0 Å². The summed E-state index contributed by atoms with van der Waals surface area (Å²) in [6.45, 7) is 3.46. The van der Waals surface area contributed by atoms with Gasteiger partial charge in [-0.1, -0.05) is 0 Å². The highest BCUT2D eigenvalue weighted by Crippen LogP contribution is 2.45. The molecule has 16 heteroatoms. The number of benzene rings is 4. The standard InChI is InChI=1S/C26H24N4O10S2/c1-14-10-21(15(2)9-20(14)28-27-17-3-5-18(6-4-17)40-8-7-31)29-30-25-23(42(37,38)39)12-16-11-19(41(34,35)36)13-22(32)24(16)26(25)33/h3-6,9-13,31-33H,7-8H2,1-2H3,(H,34,35,36)(H,37,38,39). The van der Waals surface area contributed by atoms with E-state index in [2.05, 4.69) is 20.5 Å². The zero-order valence-electron chi connectivity index (χ0n) is 22.0. The molecule has 0 fully saturated rings. The third-order valence-corrected chi connectivity index (χ3v) is 7.62. The molecule has 0 heterocycles. The van der Waals surface area contributed by atoms with E-state index in [-0.39, 0.29) is 29.7 Å². The van der Waals surface area contributed by atoms with Gasteiger partial charge in [-0.05, 0) is 78.9 Å². The minimum Gasteiger partial charge on any atom is -0.507 e. The molecule has 0 saturated carbocycles. The first-order valence-corrected chi connectivity index (χ1v) is 14.8. The Balaban J connectivity index is 1.71. The Morgan fingerprint density at radius 1 is 0.762 bits per heavy atom. The van der Waals surface area contributed by atoms with E-state index in [0.29, 0.717) is 34.3 Å². The molecule has 4 aromatic rings. The van der Waals surface area contributed by atoms with Crippen LogP contribution < -0.4 is 4.74 Å². The highest BCUT2D eigenvalue weighted by atomic mass is 32.2. The molecule has 0 radical (unpaired) electrons. The van der Waals surface area contributed by atoms with Crippen molar-refractivity contribution in [3.05, 3.63) is 65.7 Å². The average molecular weight is 617 g/mol. The van der Waals surface area contributed by atoms with Crippen molar-refractivity contribution in [2.24, 2.45) is 20.5 Å². The van der Waals surface area contributed by atoms with Crippen LogP contribution in [0.2, 0.25) is 0 Å². The van der Waals surface area contributed by atoms with Gasteiger partial charge in [0.15, 0.2) is 5.75 Å². The maximum atomic E-state index is 12.1. The normalized spacial score (nSPS) is 12.5. The fraction of sp³-hybridized carbons (Fsp3) is 0.154. The molecule has 14 nitrogen and oxygen atoms in total. The van der Waals surface area contributed by atoms with Gasteiger partial charge in [0.1, 0.15) is 28.7 Å². The van der Waals surface area contributed by atoms with E-state index >= 15 is 0 Å². The Morgan fingerprint density at radius 2 is 1.36 bits per heavy atom. The predicted octanol–water partition coefficient (Wildman–Crippen LogP) is 5.56. The summed E-state index contributed by atoms with van der Waals surface area (Å²) >= 11 is 0. The molecule has 0 aromatic heterocycles. The van der Waals surface area contributed by atoms with Crippen LogP contribution in [0, 0.1) is 13.8 Å². The molecule has 0 aliphatic rings. The minimum atomic E-state index is -5.03. The van der Waals surface area contributed by atoms with E-state index < -0.39 is 47.2 Å². The first kappa shape index (κ1) is 30.5. The number of ether oxygens (including phenoxy) is 1. The molecule has 5 N–H and O–H groups in total. The van der Waals surface area contributed by atoms with E-state index in [1.165, 1.54) is 0 Å². The van der Waals surface area contributed by atoms with Crippen molar-refractivity contribution in [3.63, 3.8) is 0 Å². The van der Waals surface area contributed by atoms with Crippen molar-refractivity contribution in [1.82, 2.24) is 0 Å².